The van der Waals surface area contributed by atoms with Gasteiger partial charge in [0.2, 0.25) is 5.88 Å². The van der Waals surface area contributed by atoms with E-state index in [2.05, 4.69) is 20.0 Å². The van der Waals surface area contributed by atoms with E-state index in [4.69, 9.17) is 9.26 Å². The van der Waals surface area contributed by atoms with Gasteiger partial charge in [0.05, 0.1) is 11.3 Å². The van der Waals surface area contributed by atoms with E-state index in [1.165, 1.54) is 12.3 Å². The molecular formula is C23H25F3N4O4S. The molecule has 0 bridgehead atoms. The molecule has 0 fully saturated rings. The Morgan fingerprint density at radius 2 is 1.97 bits per heavy atom. The summed E-state index contributed by atoms with van der Waals surface area (Å²) in [7, 11) is -3.07. The highest BCUT2D eigenvalue weighted by Gasteiger charge is 2.32. The lowest BCUT2D eigenvalue weighted by Gasteiger charge is -2.33. The maximum atomic E-state index is 12.8. The van der Waals surface area contributed by atoms with Crippen molar-refractivity contribution in [2.45, 2.75) is 45.6 Å². The Morgan fingerprint density at radius 3 is 2.63 bits per heavy atom. The highest BCUT2D eigenvalue weighted by molar-refractivity contribution is 7.90. The Kier molecular flexibility index (Phi) is 6.87. The summed E-state index contributed by atoms with van der Waals surface area (Å²) in [6.07, 6.45) is 0.286. The van der Waals surface area contributed by atoms with Crippen LogP contribution in [0.5, 0.6) is 5.88 Å². The van der Waals surface area contributed by atoms with Crippen LogP contribution in [0.1, 0.15) is 35.1 Å². The van der Waals surface area contributed by atoms with Gasteiger partial charge in [0.25, 0.3) is 0 Å². The Labute approximate surface area is 201 Å². The maximum absolute atomic E-state index is 12.8. The Balaban J connectivity index is 1.45. The molecule has 1 aliphatic rings. The van der Waals surface area contributed by atoms with Crippen molar-refractivity contribution in [2.24, 2.45) is 0 Å². The van der Waals surface area contributed by atoms with Crippen LogP contribution in [0, 0.1) is 6.92 Å². The zero-order valence-corrected chi connectivity index (χ0v) is 20.3. The third kappa shape index (κ3) is 5.99. The monoisotopic (exact) mass is 510 g/mol. The van der Waals surface area contributed by atoms with Crippen molar-refractivity contribution in [1.29, 1.82) is 0 Å². The molecule has 0 aliphatic carbocycles. The van der Waals surface area contributed by atoms with Crippen LogP contribution in [-0.4, -0.2) is 53.0 Å². The molecule has 188 valence electrons. The van der Waals surface area contributed by atoms with Gasteiger partial charge in [-0.2, -0.15) is 13.2 Å². The molecule has 4 rings (SSSR count). The minimum absolute atomic E-state index is 0.0645. The van der Waals surface area contributed by atoms with E-state index < -0.39 is 21.7 Å². The van der Waals surface area contributed by atoms with Crippen LogP contribution in [0.4, 0.5) is 13.2 Å². The molecule has 0 amide bonds. The Hall–Kier alpha value is -2.99. The van der Waals surface area contributed by atoms with Gasteiger partial charge in [0.1, 0.15) is 33.6 Å². The zero-order valence-electron chi connectivity index (χ0n) is 19.5. The van der Waals surface area contributed by atoms with Crippen molar-refractivity contribution in [2.75, 3.05) is 18.6 Å². The molecule has 0 spiro atoms. The molecule has 0 N–H and O–H groups in total. The number of rotatable bonds is 7. The molecule has 4 heterocycles. The lowest BCUT2D eigenvalue weighted by molar-refractivity contribution is -0.141. The molecule has 1 atom stereocenters. The van der Waals surface area contributed by atoms with Gasteiger partial charge in [0, 0.05) is 49.4 Å². The number of fused-ring (bicyclic) bond motifs is 1. The molecular weight excluding hydrogens is 485 g/mol. The van der Waals surface area contributed by atoms with E-state index in [1.54, 1.807) is 13.1 Å². The number of nitrogens with zero attached hydrogens (tertiary/aromatic N) is 4. The van der Waals surface area contributed by atoms with Crippen LogP contribution in [-0.2, 0) is 35.6 Å². The first-order valence-corrected chi connectivity index (χ1v) is 13.0. The highest BCUT2D eigenvalue weighted by atomic mass is 32.2. The molecule has 1 aliphatic heterocycles. The molecule has 0 saturated carbocycles. The smallest absolute Gasteiger partial charge is 0.433 e. The van der Waals surface area contributed by atoms with Crippen LogP contribution in [0.15, 0.2) is 35.1 Å². The molecule has 1 unspecified atom stereocenters. The number of halogens is 3. The number of aryl methyl sites for hydroxylation is 1. The van der Waals surface area contributed by atoms with Crippen LogP contribution < -0.4 is 4.74 Å². The lowest BCUT2D eigenvalue weighted by Crippen LogP contribution is -2.41. The minimum Gasteiger partial charge on any atom is -0.473 e. The van der Waals surface area contributed by atoms with E-state index >= 15 is 0 Å². The summed E-state index contributed by atoms with van der Waals surface area (Å²) in [5.74, 6) is 0.984. The second-order valence-corrected chi connectivity index (χ2v) is 10.9. The number of hydrogen-bond donors (Lipinski definition) is 0. The minimum atomic E-state index is -4.52. The van der Waals surface area contributed by atoms with E-state index in [-0.39, 0.29) is 18.4 Å². The molecule has 0 saturated heterocycles. The number of pyridine rings is 2. The summed E-state index contributed by atoms with van der Waals surface area (Å²) in [4.78, 5) is 9.98. The molecule has 3 aromatic heterocycles. The number of ether oxygens (including phenoxy) is 1. The van der Waals surface area contributed by atoms with Crippen molar-refractivity contribution in [3.05, 3.63) is 58.7 Å². The summed E-state index contributed by atoms with van der Waals surface area (Å²) in [6, 6.07) is 3.96. The second-order valence-electron chi connectivity index (χ2n) is 8.74. The van der Waals surface area contributed by atoms with Crippen molar-refractivity contribution in [3.8, 4) is 17.1 Å². The summed E-state index contributed by atoms with van der Waals surface area (Å²) < 4.78 is 72.8. The number of sulfone groups is 1. The van der Waals surface area contributed by atoms with Crippen LogP contribution in [0.2, 0.25) is 0 Å². The first kappa shape index (κ1) is 25.1. The molecule has 35 heavy (non-hydrogen) atoms. The standard InChI is InChI=1S/C23H25F3N4O4S/c1-14(13-35(3,31)32)30-7-6-16-8-21(28-10-18(16)11-30)33-12-19-15(2)34-29-22(19)17-4-5-20(27-9-17)23(24,25)26/h4-5,8-10,14H,6-7,11-13H2,1-3H3. The second kappa shape index (κ2) is 9.57. The lowest BCUT2D eigenvalue weighted by atomic mass is 10.0. The van der Waals surface area contributed by atoms with Crippen molar-refractivity contribution >= 4 is 9.84 Å². The zero-order chi connectivity index (χ0) is 25.4. The van der Waals surface area contributed by atoms with Gasteiger partial charge >= 0.3 is 6.18 Å². The number of aromatic nitrogens is 3. The fourth-order valence-electron chi connectivity index (χ4n) is 4.07. The molecule has 0 radical (unpaired) electrons. The van der Waals surface area contributed by atoms with Crippen LogP contribution >= 0.6 is 0 Å². The topological polar surface area (TPSA) is 98.4 Å². The predicted octanol–water partition coefficient (Wildman–Crippen LogP) is 3.83. The van der Waals surface area contributed by atoms with Gasteiger partial charge in [-0.3, -0.25) is 9.88 Å². The van der Waals surface area contributed by atoms with E-state index in [0.717, 1.165) is 36.4 Å². The average Bonchev–Trinajstić information content (AvgIpc) is 3.15. The van der Waals surface area contributed by atoms with Gasteiger partial charge in [-0.15, -0.1) is 0 Å². The van der Waals surface area contributed by atoms with Gasteiger partial charge in [-0.05, 0) is 43.5 Å². The molecule has 3 aromatic rings. The van der Waals surface area contributed by atoms with Crippen molar-refractivity contribution < 1.29 is 30.8 Å². The van der Waals surface area contributed by atoms with Crippen LogP contribution in [0.25, 0.3) is 11.3 Å². The SMILES string of the molecule is Cc1onc(-c2ccc(C(F)(F)F)nc2)c1COc1cc2c(cn1)CN(C(C)CS(C)(=O)=O)CC2. The average molecular weight is 511 g/mol. The summed E-state index contributed by atoms with van der Waals surface area (Å²) in [6.45, 7) is 4.99. The Morgan fingerprint density at radius 1 is 1.20 bits per heavy atom. The van der Waals surface area contributed by atoms with Crippen molar-refractivity contribution in [1.82, 2.24) is 20.0 Å². The normalized spacial score (nSPS) is 15.6. The number of alkyl halides is 3. The van der Waals surface area contributed by atoms with Gasteiger partial charge in [-0.1, -0.05) is 5.16 Å². The third-order valence-electron chi connectivity index (χ3n) is 5.94. The number of hydrogen-bond acceptors (Lipinski definition) is 8. The summed E-state index contributed by atoms with van der Waals surface area (Å²) in [5.41, 5.74) is 2.44. The van der Waals surface area contributed by atoms with Crippen molar-refractivity contribution in [3.63, 3.8) is 0 Å². The van der Waals surface area contributed by atoms with Crippen LogP contribution in [0.3, 0.4) is 0 Å². The third-order valence-corrected chi connectivity index (χ3v) is 7.03. The highest BCUT2D eigenvalue weighted by Crippen LogP contribution is 2.31. The largest absolute Gasteiger partial charge is 0.473 e. The Bertz CT molecular complexity index is 1310. The maximum Gasteiger partial charge on any atom is 0.433 e. The molecule has 8 nitrogen and oxygen atoms in total. The quantitative estimate of drug-likeness (QED) is 0.473. The summed E-state index contributed by atoms with van der Waals surface area (Å²) >= 11 is 0. The molecule has 0 aromatic carbocycles. The van der Waals surface area contributed by atoms with E-state index in [1.807, 2.05) is 13.0 Å². The van der Waals surface area contributed by atoms with Gasteiger partial charge in [0.15, 0.2) is 0 Å². The summed E-state index contributed by atoms with van der Waals surface area (Å²) in [5, 5.41) is 3.97. The van der Waals surface area contributed by atoms with E-state index in [9.17, 15) is 21.6 Å². The first-order valence-electron chi connectivity index (χ1n) is 10.9. The van der Waals surface area contributed by atoms with Gasteiger partial charge in [-0.25, -0.2) is 13.4 Å². The first-order chi connectivity index (χ1) is 16.4. The van der Waals surface area contributed by atoms with E-state index in [0.29, 0.717) is 35.0 Å². The predicted molar refractivity (Wildman–Crippen MR) is 121 cm³/mol. The fourth-order valence-corrected chi connectivity index (χ4v) is 5.16. The fraction of sp³-hybridized carbons (Fsp3) is 0.435. The molecule has 12 heteroatoms. The van der Waals surface area contributed by atoms with Gasteiger partial charge < -0.3 is 9.26 Å².